The molecule has 1 aromatic heterocycles. The van der Waals surface area contributed by atoms with Crippen LogP contribution in [-0.4, -0.2) is 55.6 Å². The van der Waals surface area contributed by atoms with Gasteiger partial charge in [0.15, 0.2) is 5.13 Å². The molecule has 1 aliphatic heterocycles. The van der Waals surface area contributed by atoms with Crippen molar-refractivity contribution in [2.24, 2.45) is 0 Å². The second kappa shape index (κ2) is 9.82. The Morgan fingerprint density at radius 2 is 1.81 bits per heavy atom. The zero-order valence-electron chi connectivity index (χ0n) is 18.3. The molecule has 166 valence electrons. The van der Waals surface area contributed by atoms with Gasteiger partial charge in [-0.15, -0.1) is 11.3 Å². The Morgan fingerprint density at radius 3 is 2.53 bits per heavy atom. The average Bonchev–Trinajstić information content (AvgIpc) is 3.44. The molecule has 0 atom stereocenters. The molecule has 0 saturated carbocycles. The van der Waals surface area contributed by atoms with Crippen LogP contribution in [-0.2, 0) is 13.0 Å². The maximum Gasteiger partial charge on any atom is 0.326 e. The Morgan fingerprint density at radius 1 is 1.06 bits per heavy atom. The number of hydrogen-bond donors (Lipinski definition) is 1. The summed E-state index contributed by atoms with van der Waals surface area (Å²) in [5.41, 5.74) is 3.68. The van der Waals surface area contributed by atoms with Crippen LogP contribution < -0.4 is 15.1 Å². The van der Waals surface area contributed by atoms with E-state index in [4.69, 9.17) is 0 Å². The number of carbonyl (C=O) groups is 2. The number of benzene rings is 2. The van der Waals surface area contributed by atoms with Crippen LogP contribution in [0.15, 0.2) is 60.0 Å². The molecule has 2 heterocycles. The number of amides is 3. The van der Waals surface area contributed by atoms with E-state index in [2.05, 4.69) is 22.4 Å². The van der Waals surface area contributed by atoms with Crippen LogP contribution in [0.1, 0.15) is 21.6 Å². The lowest BCUT2D eigenvalue weighted by molar-refractivity contribution is 0.0946. The van der Waals surface area contributed by atoms with Gasteiger partial charge in [0, 0.05) is 51.3 Å². The molecule has 1 N–H and O–H groups in total. The monoisotopic (exact) mass is 449 g/mol. The Hall–Kier alpha value is -3.39. The zero-order chi connectivity index (χ0) is 22.5. The minimum absolute atomic E-state index is 0.0526. The van der Waals surface area contributed by atoms with Crippen molar-refractivity contribution in [1.82, 2.24) is 15.2 Å². The molecule has 0 spiro atoms. The van der Waals surface area contributed by atoms with Crippen molar-refractivity contribution in [3.8, 4) is 0 Å². The molecule has 0 radical (unpaired) electrons. The highest BCUT2D eigenvalue weighted by molar-refractivity contribution is 7.14. The molecule has 0 unspecified atom stereocenters. The van der Waals surface area contributed by atoms with Crippen molar-refractivity contribution in [3.63, 3.8) is 0 Å². The van der Waals surface area contributed by atoms with Crippen molar-refractivity contribution in [1.29, 1.82) is 0 Å². The second-order valence-electron chi connectivity index (χ2n) is 7.92. The first-order valence-corrected chi connectivity index (χ1v) is 11.5. The van der Waals surface area contributed by atoms with Crippen LogP contribution in [0.2, 0.25) is 0 Å². The second-order valence-corrected chi connectivity index (χ2v) is 8.75. The molecule has 8 heteroatoms. The normalized spacial score (nSPS) is 13.5. The number of nitrogens with zero attached hydrogens (tertiary/aromatic N) is 4. The smallest absolute Gasteiger partial charge is 0.326 e. The van der Waals surface area contributed by atoms with E-state index in [0.717, 1.165) is 17.7 Å². The largest absolute Gasteiger partial charge is 0.378 e. The van der Waals surface area contributed by atoms with Crippen LogP contribution in [0.3, 0.4) is 0 Å². The van der Waals surface area contributed by atoms with E-state index in [1.165, 1.54) is 16.9 Å². The molecule has 7 nitrogen and oxygen atoms in total. The van der Waals surface area contributed by atoms with Crippen molar-refractivity contribution in [3.05, 3.63) is 76.8 Å². The predicted octanol–water partition coefficient (Wildman–Crippen LogP) is 3.62. The van der Waals surface area contributed by atoms with Crippen molar-refractivity contribution >= 4 is 34.1 Å². The van der Waals surface area contributed by atoms with Gasteiger partial charge in [-0.05, 0) is 29.7 Å². The highest BCUT2D eigenvalue weighted by atomic mass is 32.1. The topological polar surface area (TPSA) is 68.8 Å². The zero-order valence-corrected chi connectivity index (χ0v) is 19.1. The summed E-state index contributed by atoms with van der Waals surface area (Å²) in [5, 5.41) is 5.18. The van der Waals surface area contributed by atoms with E-state index < -0.39 is 0 Å². The number of thiazole rings is 1. The third kappa shape index (κ3) is 5.08. The van der Waals surface area contributed by atoms with Gasteiger partial charge >= 0.3 is 6.03 Å². The Kier molecular flexibility index (Phi) is 6.70. The lowest BCUT2D eigenvalue weighted by Crippen LogP contribution is -2.33. The van der Waals surface area contributed by atoms with Crippen molar-refractivity contribution < 1.29 is 9.59 Å². The van der Waals surface area contributed by atoms with Crippen LogP contribution in [0.25, 0.3) is 0 Å². The molecule has 3 amide bonds. The average molecular weight is 450 g/mol. The first kappa shape index (κ1) is 21.8. The minimum Gasteiger partial charge on any atom is -0.378 e. The number of carbonyl (C=O) groups excluding carboxylic acids is 2. The van der Waals surface area contributed by atoms with Gasteiger partial charge in [0.25, 0.3) is 5.91 Å². The van der Waals surface area contributed by atoms with Crippen molar-refractivity contribution in [2.75, 3.05) is 43.5 Å². The summed E-state index contributed by atoms with van der Waals surface area (Å²) in [6, 6.07) is 18.1. The molecule has 0 bridgehead atoms. The van der Waals surface area contributed by atoms with Crippen LogP contribution in [0.4, 0.5) is 15.6 Å². The van der Waals surface area contributed by atoms with Gasteiger partial charge < -0.3 is 15.1 Å². The maximum absolute atomic E-state index is 12.8. The Balaban J connectivity index is 1.31. The molecule has 3 aromatic rings. The quantitative estimate of drug-likeness (QED) is 0.570. The summed E-state index contributed by atoms with van der Waals surface area (Å²) in [5.74, 6) is -0.239. The Bertz CT molecular complexity index is 1070. The number of urea groups is 1. The molecule has 1 fully saturated rings. The summed E-state index contributed by atoms with van der Waals surface area (Å²) >= 11 is 1.32. The fourth-order valence-corrected chi connectivity index (χ4v) is 4.38. The number of hydrogen-bond acceptors (Lipinski definition) is 5. The van der Waals surface area contributed by atoms with E-state index in [1.54, 1.807) is 10.3 Å². The van der Waals surface area contributed by atoms with Gasteiger partial charge in [-0.25, -0.2) is 9.78 Å². The van der Waals surface area contributed by atoms with Gasteiger partial charge in [0.05, 0.1) is 0 Å². The number of anilines is 2. The SMILES string of the molecule is CN(C)c1ccc(CNC(=O)c2csc(N3CCN(CCc4ccccc4)C3=O)n2)cc1. The van der Waals surface area contributed by atoms with E-state index in [1.807, 2.05) is 66.4 Å². The molecule has 2 aromatic carbocycles. The fraction of sp³-hybridized carbons (Fsp3) is 0.292. The molecule has 1 saturated heterocycles. The highest BCUT2D eigenvalue weighted by Crippen LogP contribution is 2.25. The predicted molar refractivity (Wildman–Crippen MR) is 129 cm³/mol. The lowest BCUT2D eigenvalue weighted by Gasteiger charge is -2.16. The molecular weight excluding hydrogens is 422 g/mol. The number of rotatable bonds is 8. The highest BCUT2D eigenvalue weighted by Gasteiger charge is 2.31. The standard InChI is InChI=1S/C24H27N5O2S/c1-27(2)20-10-8-19(9-11-20)16-25-22(30)21-17-32-23(26-21)29-15-14-28(24(29)31)13-12-18-6-4-3-5-7-18/h3-11,17H,12-16H2,1-2H3,(H,25,30). The van der Waals surface area contributed by atoms with Gasteiger partial charge in [0.1, 0.15) is 5.69 Å². The molecule has 4 rings (SSSR count). The maximum atomic E-state index is 12.8. The van der Waals surface area contributed by atoms with E-state index >= 15 is 0 Å². The summed E-state index contributed by atoms with van der Waals surface area (Å²) in [4.78, 5) is 35.3. The van der Waals surface area contributed by atoms with E-state index in [0.29, 0.717) is 37.0 Å². The van der Waals surface area contributed by atoms with Gasteiger partial charge in [-0.3, -0.25) is 9.69 Å². The van der Waals surface area contributed by atoms with Crippen molar-refractivity contribution in [2.45, 2.75) is 13.0 Å². The molecule has 0 aliphatic carbocycles. The summed E-state index contributed by atoms with van der Waals surface area (Å²) in [6.45, 7) is 2.34. The Labute approximate surface area is 192 Å². The van der Waals surface area contributed by atoms with Crippen LogP contribution >= 0.6 is 11.3 Å². The summed E-state index contributed by atoms with van der Waals surface area (Å²) in [7, 11) is 3.98. The van der Waals surface area contributed by atoms with Gasteiger partial charge in [-0.2, -0.15) is 0 Å². The number of nitrogens with one attached hydrogen (secondary N) is 1. The van der Waals surface area contributed by atoms with Gasteiger partial charge in [0.2, 0.25) is 0 Å². The molecular formula is C24H27N5O2S. The van der Waals surface area contributed by atoms with E-state index in [-0.39, 0.29) is 11.9 Å². The molecule has 1 aliphatic rings. The number of aromatic nitrogens is 1. The van der Waals surface area contributed by atoms with Gasteiger partial charge in [-0.1, -0.05) is 42.5 Å². The molecule has 32 heavy (non-hydrogen) atoms. The summed E-state index contributed by atoms with van der Waals surface area (Å²) < 4.78 is 0. The first-order chi connectivity index (χ1) is 15.5. The third-order valence-corrected chi connectivity index (χ3v) is 6.33. The first-order valence-electron chi connectivity index (χ1n) is 10.6. The summed E-state index contributed by atoms with van der Waals surface area (Å²) in [6.07, 6.45) is 0.821. The van der Waals surface area contributed by atoms with Crippen LogP contribution in [0, 0.1) is 0 Å². The lowest BCUT2D eigenvalue weighted by atomic mass is 10.1. The minimum atomic E-state index is -0.239. The van der Waals surface area contributed by atoms with E-state index in [9.17, 15) is 9.59 Å². The third-order valence-electron chi connectivity index (χ3n) is 5.47. The fourth-order valence-electron chi connectivity index (χ4n) is 3.55. The van der Waals surface area contributed by atoms with Crippen LogP contribution in [0.5, 0.6) is 0 Å².